The molecule has 1 heterocycles. The fraction of sp³-hybridized carbons (Fsp3) is 0.636. The predicted molar refractivity (Wildman–Crippen MR) is 57.8 cm³/mol. The molecule has 0 fully saturated rings. The highest BCUT2D eigenvalue weighted by Crippen LogP contribution is 2.11. The van der Waals surface area contributed by atoms with Gasteiger partial charge in [0.2, 0.25) is 0 Å². The molecule has 1 aromatic heterocycles. The summed E-state index contributed by atoms with van der Waals surface area (Å²) in [6.45, 7) is 6.57. The number of aromatic nitrogens is 2. The van der Waals surface area contributed by atoms with Crippen LogP contribution in [0, 0.1) is 12.8 Å². The van der Waals surface area contributed by atoms with Crippen LogP contribution in [0.2, 0.25) is 0 Å². The lowest BCUT2D eigenvalue weighted by Crippen LogP contribution is -2.12. The molecule has 0 bridgehead atoms. The largest absolute Gasteiger partial charge is 0.481 e. The third kappa shape index (κ3) is 3.08. The van der Waals surface area contributed by atoms with E-state index >= 15 is 0 Å². The Morgan fingerprint density at radius 3 is 2.87 bits per heavy atom. The molecule has 0 radical (unpaired) electrons. The number of hydrogen-bond acceptors (Lipinski definition) is 2. The third-order valence-electron chi connectivity index (χ3n) is 2.54. The van der Waals surface area contributed by atoms with Gasteiger partial charge in [-0.2, -0.15) is 5.10 Å². The summed E-state index contributed by atoms with van der Waals surface area (Å²) in [7, 11) is 0. The van der Waals surface area contributed by atoms with Crippen LogP contribution in [-0.4, -0.2) is 20.9 Å². The summed E-state index contributed by atoms with van der Waals surface area (Å²) < 4.78 is 1.93. The van der Waals surface area contributed by atoms with Gasteiger partial charge in [0.15, 0.2) is 0 Å². The smallest absolute Gasteiger partial charge is 0.306 e. The van der Waals surface area contributed by atoms with E-state index in [9.17, 15) is 4.79 Å². The van der Waals surface area contributed by atoms with Crippen molar-refractivity contribution in [1.29, 1.82) is 0 Å². The number of hydrogen-bond donors (Lipinski definition) is 1. The summed E-state index contributed by atoms with van der Waals surface area (Å²) in [6, 6.07) is 2.03. The maximum atomic E-state index is 10.7. The van der Waals surface area contributed by atoms with Crippen molar-refractivity contribution in [3.63, 3.8) is 0 Å². The Balaban J connectivity index is 2.60. The summed E-state index contributed by atoms with van der Waals surface area (Å²) >= 11 is 0. The maximum Gasteiger partial charge on any atom is 0.306 e. The summed E-state index contributed by atoms with van der Waals surface area (Å²) in [5.41, 5.74) is 2.12. The van der Waals surface area contributed by atoms with Crippen LogP contribution in [0.4, 0.5) is 0 Å². The third-order valence-corrected chi connectivity index (χ3v) is 2.54. The van der Waals surface area contributed by atoms with E-state index in [0.29, 0.717) is 6.42 Å². The highest BCUT2D eigenvalue weighted by molar-refractivity contribution is 5.69. The fourth-order valence-electron chi connectivity index (χ4n) is 1.56. The van der Waals surface area contributed by atoms with E-state index in [-0.39, 0.29) is 5.92 Å². The first-order chi connectivity index (χ1) is 7.04. The standard InChI is InChI=1S/C11H18N2O2/c1-4-13-10(7-9(3)12-13)6-5-8(2)11(14)15/h7-8H,4-6H2,1-3H3,(H,14,15). The van der Waals surface area contributed by atoms with E-state index in [0.717, 1.165) is 24.4 Å². The van der Waals surface area contributed by atoms with Gasteiger partial charge in [-0.25, -0.2) is 0 Å². The number of nitrogens with zero attached hydrogens (tertiary/aromatic N) is 2. The topological polar surface area (TPSA) is 55.1 Å². The Morgan fingerprint density at radius 1 is 1.67 bits per heavy atom. The van der Waals surface area contributed by atoms with Crippen molar-refractivity contribution in [2.45, 2.75) is 40.2 Å². The minimum absolute atomic E-state index is 0.287. The van der Waals surface area contributed by atoms with Crippen LogP contribution >= 0.6 is 0 Å². The molecule has 0 spiro atoms. The molecular formula is C11H18N2O2. The second kappa shape index (κ2) is 4.96. The molecule has 15 heavy (non-hydrogen) atoms. The first kappa shape index (κ1) is 11.8. The van der Waals surface area contributed by atoms with E-state index in [4.69, 9.17) is 5.11 Å². The van der Waals surface area contributed by atoms with Crippen molar-refractivity contribution in [2.24, 2.45) is 5.92 Å². The fourth-order valence-corrected chi connectivity index (χ4v) is 1.56. The predicted octanol–water partition coefficient (Wildman–Crippen LogP) is 1.86. The molecule has 1 rings (SSSR count). The van der Waals surface area contributed by atoms with Gasteiger partial charge in [0, 0.05) is 12.2 Å². The van der Waals surface area contributed by atoms with Gasteiger partial charge in [-0.05, 0) is 32.8 Å². The second-order valence-electron chi connectivity index (χ2n) is 3.87. The molecule has 4 nitrogen and oxygen atoms in total. The minimum atomic E-state index is -0.728. The zero-order valence-corrected chi connectivity index (χ0v) is 9.53. The zero-order chi connectivity index (χ0) is 11.4. The van der Waals surface area contributed by atoms with E-state index < -0.39 is 5.97 Å². The van der Waals surface area contributed by atoms with Crippen molar-refractivity contribution in [2.75, 3.05) is 0 Å². The summed E-state index contributed by atoms with van der Waals surface area (Å²) in [6.07, 6.45) is 1.45. The molecule has 1 unspecified atom stereocenters. The molecule has 1 atom stereocenters. The molecule has 0 aliphatic carbocycles. The Labute approximate surface area is 89.9 Å². The normalized spacial score (nSPS) is 12.7. The van der Waals surface area contributed by atoms with Gasteiger partial charge >= 0.3 is 5.97 Å². The number of rotatable bonds is 5. The van der Waals surface area contributed by atoms with E-state index in [2.05, 4.69) is 5.10 Å². The van der Waals surface area contributed by atoms with Crippen LogP contribution in [0.3, 0.4) is 0 Å². The molecule has 84 valence electrons. The number of carbonyl (C=O) groups is 1. The monoisotopic (exact) mass is 210 g/mol. The van der Waals surface area contributed by atoms with Crippen LogP contribution in [0.15, 0.2) is 6.07 Å². The molecule has 0 aliphatic heterocycles. The van der Waals surface area contributed by atoms with Gasteiger partial charge in [0.1, 0.15) is 0 Å². The van der Waals surface area contributed by atoms with Crippen molar-refractivity contribution in [3.05, 3.63) is 17.5 Å². The number of carboxylic acid groups (broad SMARTS) is 1. The van der Waals surface area contributed by atoms with Gasteiger partial charge in [-0.15, -0.1) is 0 Å². The van der Waals surface area contributed by atoms with Crippen molar-refractivity contribution >= 4 is 5.97 Å². The average Bonchev–Trinajstić information content (AvgIpc) is 2.55. The molecule has 0 aromatic carbocycles. The Kier molecular flexibility index (Phi) is 3.88. The van der Waals surface area contributed by atoms with Crippen LogP contribution in [-0.2, 0) is 17.8 Å². The van der Waals surface area contributed by atoms with Gasteiger partial charge in [-0.3, -0.25) is 9.48 Å². The van der Waals surface area contributed by atoms with Gasteiger partial charge in [-0.1, -0.05) is 6.92 Å². The molecule has 1 N–H and O–H groups in total. The lowest BCUT2D eigenvalue weighted by Gasteiger charge is -2.07. The quantitative estimate of drug-likeness (QED) is 0.807. The summed E-state index contributed by atoms with van der Waals surface area (Å²) in [4.78, 5) is 10.7. The number of aliphatic carboxylic acids is 1. The van der Waals surface area contributed by atoms with Crippen molar-refractivity contribution in [1.82, 2.24) is 9.78 Å². The van der Waals surface area contributed by atoms with E-state index in [1.54, 1.807) is 6.92 Å². The average molecular weight is 210 g/mol. The van der Waals surface area contributed by atoms with Crippen LogP contribution < -0.4 is 0 Å². The SMILES string of the molecule is CCn1nc(C)cc1CCC(C)C(=O)O. The van der Waals surface area contributed by atoms with Gasteiger partial charge < -0.3 is 5.11 Å². The minimum Gasteiger partial charge on any atom is -0.481 e. The Bertz CT molecular complexity index is 344. The van der Waals surface area contributed by atoms with E-state index in [1.807, 2.05) is 24.6 Å². The summed E-state index contributed by atoms with van der Waals surface area (Å²) in [5, 5.41) is 13.1. The van der Waals surface area contributed by atoms with Gasteiger partial charge in [0.05, 0.1) is 11.6 Å². The second-order valence-corrected chi connectivity index (χ2v) is 3.87. The number of aryl methyl sites for hydroxylation is 3. The molecule has 0 amide bonds. The molecule has 0 aliphatic rings. The highest BCUT2D eigenvalue weighted by Gasteiger charge is 2.12. The molecule has 4 heteroatoms. The molecule has 1 aromatic rings. The lowest BCUT2D eigenvalue weighted by molar-refractivity contribution is -0.141. The molecule has 0 saturated heterocycles. The first-order valence-corrected chi connectivity index (χ1v) is 5.30. The molecule has 0 saturated carbocycles. The number of carboxylic acids is 1. The van der Waals surface area contributed by atoms with E-state index in [1.165, 1.54) is 0 Å². The zero-order valence-electron chi connectivity index (χ0n) is 9.53. The van der Waals surface area contributed by atoms with Crippen LogP contribution in [0.25, 0.3) is 0 Å². The molecular weight excluding hydrogens is 192 g/mol. The van der Waals surface area contributed by atoms with Crippen molar-refractivity contribution < 1.29 is 9.90 Å². The van der Waals surface area contributed by atoms with Crippen molar-refractivity contribution in [3.8, 4) is 0 Å². The van der Waals surface area contributed by atoms with Gasteiger partial charge in [0.25, 0.3) is 0 Å². The summed E-state index contributed by atoms with van der Waals surface area (Å²) in [5.74, 6) is -1.01. The lowest BCUT2D eigenvalue weighted by atomic mass is 10.0. The Morgan fingerprint density at radius 2 is 2.33 bits per heavy atom. The van der Waals surface area contributed by atoms with Crippen LogP contribution in [0.1, 0.15) is 31.7 Å². The maximum absolute atomic E-state index is 10.7. The van der Waals surface area contributed by atoms with Crippen LogP contribution in [0.5, 0.6) is 0 Å². The highest BCUT2D eigenvalue weighted by atomic mass is 16.4. The Hall–Kier alpha value is -1.32. The first-order valence-electron chi connectivity index (χ1n) is 5.30.